The number of hydrogen-bond acceptors (Lipinski definition) is 3. The van der Waals surface area contributed by atoms with Gasteiger partial charge in [0.15, 0.2) is 0 Å². The maximum atomic E-state index is 11.2. The third-order valence-corrected chi connectivity index (χ3v) is 2.19. The van der Waals surface area contributed by atoms with Gasteiger partial charge in [-0.05, 0) is 12.8 Å². The second-order valence-corrected chi connectivity index (χ2v) is 3.53. The second-order valence-electron chi connectivity index (χ2n) is 3.53. The van der Waals surface area contributed by atoms with E-state index in [1.807, 2.05) is 11.8 Å². The van der Waals surface area contributed by atoms with Crippen LogP contribution < -0.4 is 5.32 Å². The first-order valence-corrected chi connectivity index (χ1v) is 4.89. The summed E-state index contributed by atoms with van der Waals surface area (Å²) in [5.41, 5.74) is 0. The van der Waals surface area contributed by atoms with Crippen molar-refractivity contribution < 1.29 is 9.90 Å². The zero-order valence-electron chi connectivity index (χ0n) is 8.12. The first kappa shape index (κ1) is 10.5. The van der Waals surface area contributed by atoms with Crippen LogP contribution >= 0.6 is 0 Å². The Bertz CT molecular complexity index is 173. The van der Waals surface area contributed by atoms with Gasteiger partial charge in [-0.2, -0.15) is 0 Å². The molecule has 1 atom stereocenters. The average Bonchev–Trinajstić information content (AvgIpc) is 2.48. The van der Waals surface area contributed by atoms with Crippen molar-refractivity contribution in [3.8, 4) is 0 Å². The smallest absolute Gasteiger partial charge is 0.234 e. The highest BCUT2D eigenvalue weighted by molar-refractivity contribution is 5.77. The highest BCUT2D eigenvalue weighted by Crippen LogP contribution is 2.07. The molecular formula is C9H18N2O2. The molecule has 1 aliphatic rings. The summed E-state index contributed by atoms with van der Waals surface area (Å²) in [5.74, 6) is 0.0657. The third-order valence-electron chi connectivity index (χ3n) is 2.19. The van der Waals surface area contributed by atoms with Gasteiger partial charge in [-0.25, -0.2) is 0 Å². The van der Waals surface area contributed by atoms with Crippen LogP contribution in [0.15, 0.2) is 0 Å². The van der Waals surface area contributed by atoms with Gasteiger partial charge in [0.2, 0.25) is 5.91 Å². The summed E-state index contributed by atoms with van der Waals surface area (Å²) in [6, 6.07) is 0. The predicted octanol–water partition coefficient (Wildman–Crippen LogP) is -0.421. The van der Waals surface area contributed by atoms with Crippen LogP contribution in [0.5, 0.6) is 0 Å². The van der Waals surface area contributed by atoms with E-state index in [-0.39, 0.29) is 12.0 Å². The van der Waals surface area contributed by atoms with Crippen LogP contribution in [0.4, 0.5) is 0 Å². The molecule has 0 spiro atoms. The molecule has 0 unspecified atom stereocenters. The van der Waals surface area contributed by atoms with Crippen molar-refractivity contribution in [2.75, 3.05) is 26.2 Å². The summed E-state index contributed by atoms with van der Waals surface area (Å²) >= 11 is 0. The number of aliphatic hydroxyl groups excluding tert-OH is 1. The monoisotopic (exact) mass is 186 g/mol. The normalized spacial score (nSPS) is 23.4. The first-order chi connectivity index (χ1) is 6.22. The molecule has 1 aliphatic heterocycles. The van der Waals surface area contributed by atoms with Gasteiger partial charge in [0.05, 0.1) is 12.6 Å². The number of β-amino-alcohol motifs (C(OH)–C–C–N with tert-alkyl or cyclic N) is 1. The largest absolute Gasteiger partial charge is 0.392 e. The van der Waals surface area contributed by atoms with E-state index in [2.05, 4.69) is 5.32 Å². The number of nitrogens with zero attached hydrogens (tertiary/aromatic N) is 1. The SMILES string of the molecule is CCCNC(=O)CN1CC[C@@H](O)C1. The number of hydrogen-bond donors (Lipinski definition) is 2. The Kier molecular flexibility index (Phi) is 4.18. The van der Waals surface area contributed by atoms with E-state index in [0.29, 0.717) is 13.1 Å². The Labute approximate surface area is 78.9 Å². The fourth-order valence-corrected chi connectivity index (χ4v) is 1.48. The van der Waals surface area contributed by atoms with Crippen molar-refractivity contribution in [1.29, 1.82) is 0 Å². The molecule has 0 aromatic rings. The van der Waals surface area contributed by atoms with Gasteiger partial charge in [-0.15, -0.1) is 0 Å². The molecule has 0 aromatic carbocycles. The van der Waals surface area contributed by atoms with Crippen molar-refractivity contribution in [3.63, 3.8) is 0 Å². The maximum absolute atomic E-state index is 11.2. The fourth-order valence-electron chi connectivity index (χ4n) is 1.48. The quantitative estimate of drug-likeness (QED) is 0.627. The fraction of sp³-hybridized carbons (Fsp3) is 0.889. The minimum absolute atomic E-state index is 0.0657. The molecule has 0 bridgehead atoms. The lowest BCUT2D eigenvalue weighted by Gasteiger charge is -2.13. The van der Waals surface area contributed by atoms with Crippen molar-refractivity contribution in [3.05, 3.63) is 0 Å². The summed E-state index contributed by atoms with van der Waals surface area (Å²) in [7, 11) is 0. The lowest BCUT2D eigenvalue weighted by atomic mass is 10.3. The van der Waals surface area contributed by atoms with Crippen LogP contribution in [-0.2, 0) is 4.79 Å². The molecule has 76 valence electrons. The lowest BCUT2D eigenvalue weighted by molar-refractivity contribution is -0.122. The predicted molar refractivity (Wildman–Crippen MR) is 50.4 cm³/mol. The number of rotatable bonds is 4. The number of nitrogens with one attached hydrogen (secondary N) is 1. The molecule has 1 fully saturated rings. The number of likely N-dealkylation sites (tertiary alicyclic amines) is 1. The lowest BCUT2D eigenvalue weighted by Crippen LogP contribution is -2.36. The number of amides is 1. The average molecular weight is 186 g/mol. The van der Waals surface area contributed by atoms with Crippen LogP contribution in [0.2, 0.25) is 0 Å². The van der Waals surface area contributed by atoms with Gasteiger partial charge in [0, 0.05) is 19.6 Å². The van der Waals surface area contributed by atoms with Gasteiger partial charge < -0.3 is 10.4 Å². The Morgan fingerprint density at radius 1 is 1.69 bits per heavy atom. The van der Waals surface area contributed by atoms with E-state index in [4.69, 9.17) is 0 Å². The van der Waals surface area contributed by atoms with Crippen LogP contribution in [0.25, 0.3) is 0 Å². The minimum Gasteiger partial charge on any atom is -0.392 e. The van der Waals surface area contributed by atoms with E-state index >= 15 is 0 Å². The maximum Gasteiger partial charge on any atom is 0.234 e. The number of carbonyl (C=O) groups excluding carboxylic acids is 1. The molecule has 1 heterocycles. The van der Waals surface area contributed by atoms with Crippen LogP contribution in [0.3, 0.4) is 0 Å². The Morgan fingerprint density at radius 2 is 2.46 bits per heavy atom. The van der Waals surface area contributed by atoms with Crippen molar-refractivity contribution in [2.45, 2.75) is 25.9 Å². The molecule has 1 saturated heterocycles. The Balaban J connectivity index is 2.13. The Hall–Kier alpha value is -0.610. The highest BCUT2D eigenvalue weighted by atomic mass is 16.3. The van der Waals surface area contributed by atoms with Crippen LogP contribution in [0, 0.1) is 0 Å². The molecule has 2 N–H and O–H groups in total. The second kappa shape index (κ2) is 5.19. The molecule has 4 heteroatoms. The standard InChI is InChI=1S/C9H18N2O2/c1-2-4-10-9(13)7-11-5-3-8(12)6-11/h8,12H,2-7H2,1H3,(H,10,13)/t8-/m1/s1. The van der Waals surface area contributed by atoms with Gasteiger partial charge in [0.1, 0.15) is 0 Å². The van der Waals surface area contributed by atoms with Crippen molar-refractivity contribution >= 4 is 5.91 Å². The topological polar surface area (TPSA) is 52.6 Å². The molecule has 4 nitrogen and oxygen atoms in total. The van der Waals surface area contributed by atoms with E-state index < -0.39 is 0 Å². The van der Waals surface area contributed by atoms with Gasteiger partial charge in [-0.1, -0.05) is 6.92 Å². The summed E-state index contributed by atoms with van der Waals surface area (Å²) in [4.78, 5) is 13.2. The highest BCUT2D eigenvalue weighted by Gasteiger charge is 2.21. The molecule has 13 heavy (non-hydrogen) atoms. The summed E-state index contributed by atoms with van der Waals surface area (Å²) < 4.78 is 0. The van der Waals surface area contributed by atoms with Gasteiger partial charge >= 0.3 is 0 Å². The summed E-state index contributed by atoms with van der Waals surface area (Å²) in [6.45, 7) is 4.67. The first-order valence-electron chi connectivity index (χ1n) is 4.89. The van der Waals surface area contributed by atoms with E-state index in [9.17, 15) is 9.90 Å². The molecule has 1 rings (SSSR count). The van der Waals surface area contributed by atoms with Crippen LogP contribution in [0.1, 0.15) is 19.8 Å². The van der Waals surface area contributed by atoms with Crippen LogP contribution in [-0.4, -0.2) is 48.2 Å². The minimum atomic E-state index is -0.237. The Morgan fingerprint density at radius 3 is 3.00 bits per heavy atom. The number of carbonyl (C=O) groups is 1. The third kappa shape index (κ3) is 3.74. The molecular weight excluding hydrogens is 168 g/mol. The zero-order valence-corrected chi connectivity index (χ0v) is 8.12. The molecule has 1 amide bonds. The molecule has 0 saturated carbocycles. The summed E-state index contributed by atoms with van der Waals surface area (Å²) in [5, 5.41) is 12.0. The van der Waals surface area contributed by atoms with E-state index in [1.54, 1.807) is 0 Å². The molecule has 0 aromatic heterocycles. The molecule has 0 aliphatic carbocycles. The molecule has 0 radical (unpaired) electrons. The number of aliphatic hydroxyl groups is 1. The van der Waals surface area contributed by atoms with E-state index in [0.717, 1.165) is 25.9 Å². The van der Waals surface area contributed by atoms with Crippen molar-refractivity contribution in [1.82, 2.24) is 10.2 Å². The summed E-state index contributed by atoms with van der Waals surface area (Å²) in [6.07, 6.45) is 1.52. The van der Waals surface area contributed by atoms with E-state index in [1.165, 1.54) is 0 Å². The van der Waals surface area contributed by atoms with Gasteiger partial charge in [-0.3, -0.25) is 9.69 Å². The zero-order chi connectivity index (χ0) is 9.68. The van der Waals surface area contributed by atoms with Gasteiger partial charge in [0.25, 0.3) is 0 Å². The van der Waals surface area contributed by atoms with Crippen molar-refractivity contribution in [2.24, 2.45) is 0 Å².